The lowest BCUT2D eigenvalue weighted by Crippen LogP contribution is -2.25. The van der Waals surface area contributed by atoms with Crippen LogP contribution in [-0.2, 0) is 4.79 Å². The third kappa shape index (κ3) is 4.17. The minimum Gasteiger partial charge on any atom is -0.476 e. The Balaban J connectivity index is 1.48. The Bertz CT molecular complexity index is 985. The molecule has 0 atom stereocenters. The highest BCUT2D eigenvalue weighted by molar-refractivity contribution is 6.33. The zero-order valence-electron chi connectivity index (χ0n) is 15.4. The van der Waals surface area contributed by atoms with Crippen molar-refractivity contribution in [1.29, 1.82) is 0 Å². The summed E-state index contributed by atoms with van der Waals surface area (Å²) >= 11 is 6.41. The normalized spacial score (nSPS) is 13.9. The molecule has 1 aliphatic carbocycles. The molecule has 3 aromatic rings. The summed E-state index contributed by atoms with van der Waals surface area (Å²) in [6.45, 7) is 2.23. The van der Waals surface area contributed by atoms with Crippen LogP contribution in [0.4, 0.5) is 0 Å². The van der Waals surface area contributed by atoms with Crippen LogP contribution >= 0.6 is 11.6 Å². The van der Waals surface area contributed by atoms with Gasteiger partial charge in [0.15, 0.2) is 5.65 Å². The molecule has 3 heterocycles. The lowest BCUT2D eigenvalue weighted by atomic mass is 9.96. The molecule has 3 aromatic heterocycles. The Hall–Kier alpha value is -2.87. The van der Waals surface area contributed by atoms with Gasteiger partial charge in [0.05, 0.1) is 22.8 Å². The number of hydrogen-bond acceptors (Lipinski definition) is 6. The number of halogens is 1. The van der Waals surface area contributed by atoms with Crippen LogP contribution in [-0.4, -0.2) is 45.1 Å². The standard InChI is InChI=1S/C19H20ClN5O3/c1-11(26)21-7-8-27-16-6-5-12(10-22-16)17-14(20)9-15-18(24-17)25-19(23-15)28-13-3-2-4-13/h5-6,9-10,13H,2-4,7-8H2,1H3,(H,21,26)(H,23,24,25). The Morgan fingerprint density at radius 3 is 2.89 bits per heavy atom. The first kappa shape index (κ1) is 18.5. The number of aromatic amines is 1. The number of imidazole rings is 1. The molecular weight excluding hydrogens is 382 g/mol. The molecule has 0 aromatic carbocycles. The molecule has 146 valence electrons. The van der Waals surface area contributed by atoms with E-state index in [1.165, 1.54) is 13.3 Å². The van der Waals surface area contributed by atoms with E-state index in [9.17, 15) is 4.79 Å². The number of carbonyl (C=O) groups is 1. The number of hydrogen-bond donors (Lipinski definition) is 2. The van der Waals surface area contributed by atoms with Gasteiger partial charge in [0.25, 0.3) is 6.01 Å². The highest BCUT2D eigenvalue weighted by Crippen LogP contribution is 2.30. The van der Waals surface area contributed by atoms with Gasteiger partial charge in [-0.25, -0.2) is 9.97 Å². The van der Waals surface area contributed by atoms with Crippen molar-refractivity contribution in [3.05, 3.63) is 29.4 Å². The molecule has 2 N–H and O–H groups in total. The number of ether oxygens (including phenoxy) is 2. The Kier molecular flexibility index (Phi) is 5.29. The zero-order chi connectivity index (χ0) is 19.5. The maximum atomic E-state index is 10.8. The average molecular weight is 402 g/mol. The first-order valence-corrected chi connectivity index (χ1v) is 9.53. The van der Waals surface area contributed by atoms with Crippen LogP contribution in [0, 0.1) is 0 Å². The van der Waals surface area contributed by atoms with Crippen molar-refractivity contribution in [1.82, 2.24) is 25.3 Å². The van der Waals surface area contributed by atoms with Crippen LogP contribution < -0.4 is 14.8 Å². The van der Waals surface area contributed by atoms with E-state index in [0.717, 1.165) is 23.9 Å². The van der Waals surface area contributed by atoms with Gasteiger partial charge in [-0.3, -0.25) is 4.79 Å². The van der Waals surface area contributed by atoms with E-state index in [-0.39, 0.29) is 12.0 Å². The minimum atomic E-state index is -0.0948. The molecule has 4 rings (SSSR count). The predicted molar refractivity (Wildman–Crippen MR) is 105 cm³/mol. The summed E-state index contributed by atoms with van der Waals surface area (Å²) in [5, 5.41) is 3.15. The van der Waals surface area contributed by atoms with Crippen molar-refractivity contribution < 1.29 is 14.3 Å². The molecule has 0 aliphatic heterocycles. The van der Waals surface area contributed by atoms with Gasteiger partial charge in [0.2, 0.25) is 11.8 Å². The van der Waals surface area contributed by atoms with Gasteiger partial charge in [0, 0.05) is 24.8 Å². The van der Waals surface area contributed by atoms with Gasteiger partial charge < -0.3 is 19.8 Å². The number of rotatable bonds is 7. The summed E-state index contributed by atoms with van der Waals surface area (Å²) in [4.78, 5) is 27.2. The third-order valence-corrected chi connectivity index (χ3v) is 4.76. The zero-order valence-corrected chi connectivity index (χ0v) is 16.1. The fourth-order valence-corrected chi connectivity index (χ4v) is 3.05. The van der Waals surface area contributed by atoms with Crippen molar-refractivity contribution in [3.8, 4) is 23.1 Å². The first-order valence-electron chi connectivity index (χ1n) is 9.15. The second kappa shape index (κ2) is 8.02. The lowest BCUT2D eigenvalue weighted by molar-refractivity contribution is -0.119. The van der Waals surface area contributed by atoms with E-state index >= 15 is 0 Å². The van der Waals surface area contributed by atoms with E-state index in [1.807, 2.05) is 6.07 Å². The molecule has 0 spiro atoms. The van der Waals surface area contributed by atoms with Crippen LogP contribution in [0.15, 0.2) is 24.4 Å². The summed E-state index contributed by atoms with van der Waals surface area (Å²) in [6.07, 6.45) is 5.19. The van der Waals surface area contributed by atoms with Gasteiger partial charge >= 0.3 is 0 Å². The molecule has 1 saturated carbocycles. The molecule has 0 bridgehead atoms. The third-order valence-electron chi connectivity index (χ3n) is 4.47. The minimum absolute atomic E-state index is 0.0948. The summed E-state index contributed by atoms with van der Waals surface area (Å²) in [5.74, 6) is 0.366. The fourth-order valence-electron chi connectivity index (χ4n) is 2.79. The van der Waals surface area contributed by atoms with Crippen molar-refractivity contribution in [3.63, 3.8) is 0 Å². The van der Waals surface area contributed by atoms with E-state index in [4.69, 9.17) is 21.1 Å². The molecule has 0 saturated heterocycles. The Morgan fingerprint density at radius 2 is 2.21 bits per heavy atom. The van der Waals surface area contributed by atoms with Crippen LogP contribution in [0.1, 0.15) is 26.2 Å². The number of carbonyl (C=O) groups excluding carboxylic acids is 1. The van der Waals surface area contributed by atoms with Crippen LogP contribution in [0.3, 0.4) is 0 Å². The number of H-pyrrole nitrogens is 1. The van der Waals surface area contributed by atoms with Gasteiger partial charge in [-0.15, -0.1) is 0 Å². The second-order valence-corrected chi connectivity index (χ2v) is 7.03. The van der Waals surface area contributed by atoms with Gasteiger partial charge in [-0.05, 0) is 31.4 Å². The largest absolute Gasteiger partial charge is 0.476 e. The quantitative estimate of drug-likeness (QED) is 0.590. The van der Waals surface area contributed by atoms with E-state index in [1.54, 1.807) is 18.3 Å². The van der Waals surface area contributed by atoms with Crippen LogP contribution in [0.2, 0.25) is 5.02 Å². The molecule has 0 radical (unpaired) electrons. The highest BCUT2D eigenvalue weighted by Gasteiger charge is 2.21. The van der Waals surface area contributed by atoms with Crippen molar-refractivity contribution in [2.45, 2.75) is 32.3 Å². The predicted octanol–water partition coefficient (Wildman–Crippen LogP) is 3.12. The molecule has 8 nitrogen and oxygen atoms in total. The summed E-state index contributed by atoms with van der Waals surface area (Å²) in [6, 6.07) is 5.83. The number of amides is 1. The maximum absolute atomic E-state index is 10.8. The molecule has 1 amide bonds. The SMILES string of the molecule is CC(=O)NCCOc1ccc(-c2nc3nc(OC4CCC4)[nH]c3cc2Cl)cn1. The number of aromatic nitrogens is 4. The lowest BCUT2D eigenvalue weighted by Gasteiger charge is -2.24. The smallest absolute Gasteiger partial charge is 0.296 e. The van der Waals surface area contributed by atoms with Gasteiger partial charge in [0.1, 0.15) is 12.7 Å². The van der Waals surface area contributed by atoms with Crippen molar-refractivity contribution in [2.75, 3.05) is 13.2 Å². The monoisotopic (exact) mass is 401 g/mol. The summed E-state index contributed by atoms with van der Waals surface area (Å²) in [5.41, 5.74) is 2.62. The second-order valence-electron chi connectivity index (χ2n) is 6.62. The van der Waals surface area contributed by atoms with E-state index < -0.39 is 0 Å². The number of nitrogens with zero attached hydrogens (tertiary/aromatic N) is 3. The van der Waals surface area contributed by atoms with Crippen LogP contribution in [0.25, 0.3) is 22.4 Å². The molecular formula is C19H20ClN5O3. The van der Waals surface area contributed by atoms with Crippen molar-refractivity contribution >= 4 is 28.7 Å². The summed E-state index contributed by atoms with van der Waals surface area (Å²) < 4.78 is 11.3. The maximum Gasteiger partial charge on any atom is 0.296 e. The molecule has 28 heavy (non-hydrogen) atoms. The topological polar surface area (TPSA) is 102 Å². The van der Waals surface area contributed by atoms with E-state index in [2.05, 4.69) is 25.3 Å². The highest BCUT2D eigenvalue weighted by atomic mass is 35.5. The Labute approximate surface area is 166 Å². The summed E-state index contributed by atoms with van der Waals surface area (Å²) in [7, 11) is 0. The van der Waals surface area contributed by atoms with Crippen molar-refractivity contribution in [2.24, 2.45) is 0 Å². The van der Waals surface area contributed by atoms with Gasteiger partial charge in [-0.1, -0.05) is 11.6 Å². The number of nitrogens with one attached hydrogen (secondary N) is 2. The Morgan fingerprint density at radius 1 is 1.36 bits per heavy atom. The molecule has 1 fully saturated rings. The average Bonchev–Trinajstić information content (AvgIpc) is 3.03. The first-order chi connectivity index (χ1) is 13.6. The number of fused-ring (bicyclic) bond motifs is 1. The number of pyridine rings is 2. The fraction of sp³-hybridized carbons (Fsp3) is 0.368. The molecule has 0 unspecified atom stereocenters. The van der Waals surface area contributed by atoms with Gasteiger partial charge in [-0.2, -0.15) is 4.98 Å². The van der Waals surface area contributed by atoms with E-state index in [0.29, 0.717) is 41.4 Å². The molecule has 1 aliphatic rings. The molecule has 9 heteroatoms. The van der Waals surface area contributed by atoms with Crippen LogP contribution in [0.5, 0.6) is 11.9 Å².